The Balaban J connectivity index is 1.53. The molecule has 6 atom stereocenters. The van der Waals surface area contributed by atoms with Gasteiger partial charge in [0.15, 0.2) is 18.0 Å². The SMILES string of the molecule is CCCCCCCCCCCCOC(=O)[C@@H](C)N=[P+]([O-])Oc1ccccc1OC[C@@]1(N=[N+]=[N-])O[C@@H](n2ccc(=O)[nH]c2=O)[C@H](O)[C@@H]1O. The number of carbonyl (C=O) groups excluding carboxylic acids is 1. The smallest absolute Gasteiger partial charge is 0.395 e. The van der Waals surface area contributed by atoms with Crippen molar-refractivity contribution < 1.29 is 38.6 Å². The third kappa shape index (κ3) is 11.2. The van der Waals surface area contributed by atoms with Gasteiger partial charge in [-0.15, -0.1) is 0 Å². The van der Waals surface area contributed by atoms with Gasteiger partial charge in [-0.1, -0.05) is 86.7 Å². The van der Waals surface area contributed by atoms with Crippen LogP contribution in [0.15, 0.2) is 56.0 Å². The molecule has 1 saturated heterocycles. The number of H-pyrrole nitrogens is 1. The van der Waals surface area contributed by atoms with E-state index in [1.54, 1.807) is 12.1 Å². The number of rotatable bonds is 20. The highest BCUT2D eigenvalue weighted by molar-refractivity contribution is 7.34. The number of para-hydroxylation sites is 2. The van der Waals surface area contributed by atoms with Crippen LogP contribution in [0.4, 0.5) is 0 Å². The number of hydrogen-bond donors (Lipinski definition) is 3. The lowest BCUT2D eigenvalue weighted by atomic mass is 10.1. The summed E-state index contributed by atoms with van der Waals surface area (Å²) in [7, 11) is -2.76. The van der Waals surface area contributed by atoms with E-state index in [4.69, 9.17) is 18.7 Å². The molecule has 1 unspecified atom stereocenters. The number of benzene rings is 1. The molecule has 1 aromatic carbocycles. The number of unbranched alkanes of at least 4 members (excludes halogenated alkanes) is 9. The average Bonchev–Trinajstić information content (AvgIpc) is 3.28. The highest BCUT2D eigenvalue weighted by Crippen LogP contribution is 2.40. The van der Waals surface area contributed by atoms with Gasteiger partial charge in [0.2, 0.25) is 11.5 Å². The van der Waals surface area contributed by atoms with Crippen LogP contribution in [0.5, 0.6) is 11.5 Å². The Kier molecular flexibility index (Phi) is 15.3. The van der Waals surface area contributed by atoms with Crippen molar-refractivity contribution in [1.29, 1.82) is 0 Å². The van der Waals surface area contributed by atoms with Crippen molar-refractivity contribution in [1.82, 2.24) is 9.55 Å². The molecule has 47 heavy (non-hydrogen) atoms. The number of aliphatic hydroxyl groups excluding tert-OH is 2. The molecule has 0 bridgehead atoms. The fraction of sp³-hybridized carbons (Fsp3) is 0.633. The van der Waals surface area contributed by atoms with Gasteiger partial charge in [0.1, 0.15) is 18.8 Å². The van der Waals surface area contributed by atoms with E-state index in [0.29, 0.717) is 0 Å². The van der Waals surface area contributed by atoms with Crippen LogP contribution in [-0.4, -0.2) is 62.9 Å². The fourth-order valence-electron chi connectivity index (χ4n) is 4.93. The normalized spacial score (nSPS) is 21.6. The maximum Gasteiger partial charge on any atom is 0.395 e. The lowest BCUT2D eigenvalue weighted by Gasteiger charge is -2.26. The predicted molar refractivity (Wildman–Crippen MR) is 170 cm³/mol. The summed E-state index contributed by atoms with van der Waals surface area (Å²) in [5.74, 6) is -0.707. The second kappa shape index (κ2) is 19.1. The van der Waals surface area contributed by atoms with Gasteiger partial charge in [0.25, 0.3) is 5.56 Å². The Morgan fingerprint density at radius 1 is 1.11 bits per heavy atom. The van der Waals surface area contributed by atoms with Gasteiger partial charge in [-0.3, -0.25) is 18.9 Å². The summed E-state index contributed by atoms with van der Waals surface area (Å²) in [5.41, 5.74) is 5.34. The van der Waals surface area contributed by atoms with Crippen molar-refractivity contribution in [2.24, 2.45) is 9.86 Å². The first-order chi connectivity index (χ1) is 22.6. The van der Waals surface area contributed by atoms with E-state index in [2.05, 4.69) is 21.7 Å². The van der Waals surface area contributed by atoms with Crippen molar-refractivity contribution in [3.63, 3.8) is 0 Å². The van der Waals surface area contributed by atoms with Gasteiger partial charge in [-0.2, -0.15) is 0 Å². The summed E-state index contributed by atoms with van der Waals surface area (Å²) in [4.78, 5) is 53.4. The molecule has 3 N–H and O–H groups in total. The molecule has 3 rings (SSSR count). The van der Waals surface area contributed by atoms with E-state index in [-0.39, 0.29) is 18.1 Å². The first-order valence-electron chi connectivity index (χ1n) is 15.8. The first-order valence-corrected chi connectivity index (χ1v) is 16.9. The Bertz CT molecular complexity index is 1500. The zero-order valence-corrected chi connectivity index (χ0v) is 27.5. The maximum atomic E-state index is 12.7. The highest BCUT2D eigenvalue weighted by Gasteiger charge is 2.56. The zero-order valence-electron chi connectivity index (χ0n) is 26.6. The molecule has 16 nitrogen and oxygen atoms in total. The molecule has 0 aliphatic carbocycles. The van der Waals surface area contributed by atoms with Gasteiger partial charge < -0.3 is 29.3 Å². The minimum atomic E-state index is -2.76. The van der Waals surface area contributed by atoms with Crippen LogP contribution < -0.4 is 25.4 Å². The van der Waals surface area contributed by atoms with Gasteiger partial charge in [-0.25, -0.2) is 9.59 Å². The van der Waals surface area contributed by atoms with E-state index in [1.807, 2.05) is 4.98 Å². The molecule has 2 heterocycles. The molecule has 1 aromatic heterocycles. The lowest BCUT2D eigenvalue weighted by Crippen LogP contribution is -2.46. The van der Waals surface area contributed by atoms with Crippen molar-refractivity contribution in [2.45, 2.75) is 108 Å². The van der Waals surface area contributed by atoms with Crippen LogP contribution in [0.25, 0.3) is 10.4 Å². The van der Waals surface area contributed by atoms with E-state index in [0.717, 1.165) is 42.5 Å². The molecule has 258 valence electrons. The highest BCUT2D eigenvalue weighted by atomic mass is 31.1. The van der Waals surface area contributed by atoms with Crippen LogP contribution in [0, 0.1) is 0 Å². The largest absolute Gasteiger partial charge is 0.575 e. The number of nitrogens with one attached hydrogen (secondary N) is 1. The second-order valence-corrected chi connectivity index (χ2v) is 12.1. The third-order valence-electron chi connectivity index (χ3n) is 7.55. The topological polar surface area (TPSA) is 233 Å². The molecule has 1 fully saturated rings. The molecule has 0 saturated carbocycles. The second-order valence-electron chi connectivity index (χ2n) is 11.2. The summed E-state index contributed by atoms with van der Waals surface area (Å²) in [6.45, 7) is 3.21. The monoisotopic (exact) mass is 678 g/mol. The van der Waals surface area contributed by atoms with Crippen LogP contribution in [0.2, 0.25) is 0 Å². The summed E-state index contributed by atoms with van der Waals surface area (Å²) < 4.78 is 26.8. The number of aromatic nitrogens is 2. The maximum absolute atomic E-state index is 12.7. The van der Waals surface area contributed by atoms with E-state index < -0.39 is 62.2 Å². The summed E-state index contributed by atoms with van der Waals surface area (Å²) >= 11 is 0. The van der Waals surface area contributed by atoms with Gasteiger partial charge in [0.05, 0.1) is 6.61 Å². The number of esters is 1. The minimum absolute atomic E-state index is 0.0234. The number of aliphatic hydroxyl groups is 2. The molecule has 0 amide bonds. The first kappa shape index (κ1) is 37.7. The molecule has 1 aliphatic heterocycles. The third-order valence-corrected chi connectivity index (χ3v) is 8.44. The number of ether oxygens (including phenoxy) is 3. The summed E-state index contributed by atoms with van der Waals surface area (Å²) in [6.07, 6.45) is 7.39. The van der Waals surface area contributed by atoms with Gasteiger partial charge >= 0.3 is 19.8 Å². The fourth-order valence-corrected chi connectivity index (χ4v) is 5.68. The Labute approximate surface area is 272 Å². The molecule has 0 radical (unpaired) electrons. The zero-order chi connectivity index (χ0) is 34.2. The minimum Gasteiger partial charge on any atom is -0.575 e. The van der Waals surface area contributed by atoms with Gasteiger partial charge in [0, 0.05) is 17.2 Å². The van der Waals surface area contributed by atoms with Crippen molar-refractivity contribution in [3.05, 3.63) is 67.8 Å². The molecular formula is C30H43N6O10P. The van der Waals surface area contributed by atoms with E-state index >= 15 is 0 Å². The lowest BCUT2D eigenvalue weighted by molar-refractivity contribution is -0.169. The molecule has 17 heteroatoms. The number of azide groups is 1. The number of nitrogens with zero attached hydrogens (tertiary/aromatic N) is 5. The quantitative estimate of drug-likeness (QED) is 0.0455. The molecule has 2 aromatic rings. The Hall–Kier alpha value is -3.78. The number of carbonyl (C=O) groups is 1. The molecule has 1 aliphatic rings. The van der Waals surface area contributed by atoms with Crippen molar-refractivity contribution in [2.75, 3.05) is 13.2 Å². The number of hydrogen-bond acceptors (Lipinski definition) is 12. The Morgan fingerprint density at radius 2 is 1.74 bits per heavy atom. The van der Waals surface area contributed by atoms with Crippen LogP contribution >= 0.6 is 8.17 Å². The molecular weight excluding hydrogens is 635 g/mol. The molecule has 0 spiro atoms. The van der Waals surface area contributed by atoms with Crippen molar-refractivity contribution in [3.8, 4) is 11.5 Å². The van der Waals surface area contributed by atoms with Gasteiger partial charge in [-0.05, 0) is 31.0 Å². The van der Waals surface area contributed by atoms with E-state index in [9.17, 15) is 35.0 Å². The summed E-state index contributed by atoms with van der Waals surface area (Å²) in [5, 5.41) is 24.9. The average molecular weight is 679 g/mol. The predicted octanol–water partition coefficient (Wildman–Crippen LogP) is 3.96. The van der Waals surface area contributed by atoms with Crippen LogP contribution in [0.1, 0.15) is 84.3 Å². The van der Waals surface area contributed by atoms with E-state index in [1.165, 1.54) is 57.6 Å². The van der Waals surface area contributed by atoms with Crippen molar-refractivity contribution >= 4 is 14.1 Å². The standard InChI is InChI=1S/C30H43N6O10P/c1-3-4-5-6-7-8-9-10-11-14-19-43-28(40)21(2)33-47(42)46-23-16-13-12-15-22(23)44-20-30(34-35-31)26(39)25(38)27(45-30)36-18-17-24(37)32-29(36)41/h12-13,15-18,21,25-27,38-39H,3-11,14,19-20H2,1-2H3,(H,32,37,41)/t21-,25-,26+,27-,30-/m1/s1. The summed E-state index contributed by atoms with van der Waals surface area (Å²) in [6, 6.07) is 5.91. The number of aromatic amines is 1. The van der Waals surface area contributed by atoms with Crippen LogP contribution in [-0.2, 0) is 14.3 Å². The Morgan fingerprint density at radius 3 is 2.38 bits per heavy atom. The van der Waals surface area contributed by atoms with Crippen LogP contribution in [0.3, 0.4) is 0 Å².